The molecule has 2 aromatic rings. The number of hydrogen-bond donors (Lipinski definition) is 0. The second-order valence-corrected chi connectivity index (χ2v) is 4.83. The zero-order chi connectivity index (χ0) is 14.5. The fourth-order valence-corrected chi connectivity index (χ4v) is 2.33. The summed E-state index contributed by atoms with van der Waals surface area (Å²) in [5.74, 6) is 1.20. The quantitative estimate of drug-likeness (QED) is 0.752. The molecule has 1 fully saturated rings. The van der Waals surface area contributed by atoms with Crippen LogP contribution in [0, 0.1) is 42.9 Å². The molecule has 0 bridgehead atoms. The Kier molecular flexibility index (Phi) is 4.17. The molecular weight excluding hydrogens is 254 g/mol. The zero-order valence-corrected chi connectivity index (χ0v) is 11.5. The smallest absolute Gasteiger partial charge is 0.0991 e. The minimum Gasteiger partial charge on any atom is -0.192 e. The standard InChI is InChI=1S/C20H14N/c21-15-17-12-10-16(11-13-17)14-20(19-8-4-5-9-19)18-6-2-1-3-7-18/h1-14H/b20-14+. The van der Waals surface area contributed by atoms with E-state index in [0.29, 0.717) is 5.56 Å². The molecule has 0 amide bonds. The molecule has 21 heavy (non-hydrogen) atoms. The van der Waals surface area contributed by atoms with Gasteiger partial charge in [-0.25, -0.2) is 0 Å². The van der Waals surface area contributed by atoms with Crippen LogP contribution in [0.15, 0.2) is 54.6 Å². The Hall–Kier alpha value is -2.33. The number of benzene rings is 2. The number of rotatable bonds is 3. The van der Waals surface area contributed by atoms with E-state index in [1.54, 1.807) is 0 Å². The average molecular weight is 268 g/mol. The van der Waals surface area contributed by atoms with Gasteiger partial charge in [0.1, 0.15) is 0 Å². The minimum absolute atomic E-state index is 0.682. The topological polar surface area (TPSA) is 23.8 Å². The first-order valence-electron chi connectivity index (χ1n) is 6.86. The summed E-state index contributed by atoms with van der Waals surface area (Å²) in [5.41, 5.74) is 4.15. The molecule has 0 N–H and O–H groups in total. The molecule has 5 radical (unpaired) electrons. The van der Waals surface area contributed by atoms with Crippen LogP contribution in [-0.2, 0) is 0 Å². The lowest BCUT2D eigenvalue weighted by Crippen LogP contribution is -1.97. The molecule has 0 unspecified atom stereocenters. The van der Waals surface area contributed by atoms with Crippen LogP contribution in [0.5, 0.6) is 0 Å². The molecule has 1 saturated carbocycles. The van der Waals surface area contributed by atoms with Gasteiger partial charge in [0.15, 0.2) is 0 Å². The van der Waals surface area contributed by atoms with Gasteiger partial charge in [-0.1, -0.05) is 48.5 Å². The lowest BCUT2D eigenvalue weighted by atomic mass is 9.89. The molecular formula is C20H14N. The molecule has 0 heterocycles. The molecule has 99 valence electrons. The van der Waals surface area contributed by atoms with E-state index in [1.165, 1.54) is 17.1 Å². The van der Waals surface area contributed by atoms with Crippen molar-refractivity contribution in [2.45, 2.75) is 0 Å². The Bertz CT molecular complexity index is 653. The van der Waals surface area contributed by atoms with Crippen LogP contribution >= 0.6 is 0 Å². The van der Waals surface area contributed by atoms with Crippen molar-refractivity contribution in [1.29, 1.82) is 5.26 Å². The van der Waals surface area contributed by atoms with E-state index in [4.69, 9.17) is 5.26 Å². The Labute approximate surface area is 126 Å². The summed E-state index contributed by atoms with van der Waals surface area (Å²) in [5, 5.41) is 8.87. The predicted molar refractivity (Wildman–Crippen MR) is 85.9 cm³/mol. The van der Waals surface area contributed by atoms with E-state index in [0.717, 1.165) is 5.56 Å². The Morgan fingerprint density at radius 1 is 0.857 bits per heavy atom. The van der Waals surface area contributed by atoms with Gasteiger partial charge in [0.25, 0.3) is 0 Å². The van der Waals surface area contributed by atoms with Gasteiger partial charge in [-0.05, 0) is 54.5 Å². The predicted octanol–water partition coefficient (Wildman–Crippen LogP) is 4.50. The SMILES string of the molecule is N#Cc1ccc(/C=C(/[C]2[CH][CH][CH][CH]2)c2ccccc2)cc1. The summed E-state index contributed by atoms with van der Waals surface area (Å²) in [6.07, 6.45) is 10.5. The van der Waals surface area contributed by atoms with Crippen LogP contribution < -0.4 is 0 Å². The molecule has 0 spiro atoms. The molecule has 0 aromatic heterocycles. The third kappa shape index (κ3) is 3.23. The highest BCUT2D eigenvalue weighted by molar-refractivity contribution is 5.92. The minimum atomic E-state index is 0.682. The number of hydrogen-bond acceptors (Lipinski definition) is 1. The van der Waals surface area contributed by atoms with Gasteiger partial charge in [0.2, 0.25) is 0 Å². The average Bonchev–Trinajstić information content (AvgIpc) is 3.08. The van der Waals surface area contributed by atoms with Gasteiger partial charge < -0.3 is 0 Å². The van der Waals surface area contributed by atoms with Crippen LogP contribution in [0.1, 0.15) is 16.7 Å². The zero-order valence-electron chi connectivity index (χ0n) is 11.5. The summed E-state index contributed by atoms with van der Waals surface area (Å²) in [7, 11) is 0. The normalized spacial score (nSPS) is 15.9. The highest BCUT2D eigenvalue weighted by Crippen LogP contribution is 2.37. The maximum absolute atomic E-state index is 8.87. The number of allylic oxidation sites excluding steroid dienone is 1. The highest BCUT2D eigenvalue weighted by Gasteiger charge is 2.22. The third-order valence-electron chi connectivity index (χ3n) is 3.41. The van der Waals surface area contributed by atoms with E-state index in [-0.39, 0.29) is 0 Å². The maximum Gasteiger partial charge on any atom is 0.0991 e. The van der Waals surface area contributed by atoms with Gasteiger partial charge >= 0.3 is 0 Å². The van der Waals surface area contributed by atoms with E-state index in [1.807, 2.05) is 55.3 Å². The van der Waals surface area contributed by atoms with E-state index in [2.05, 4.69) is 37.1 Å². The van der Waals surface area contributed by atoms with E-state index < -0.39 is 0 Å². The van der Waals surface area contributed by atoms with Crippen molar-refractivity contribution < 1.29 is 0 Å². The van der Waals surface area contributed by atoms with Gasteiger partial charge in [0, 0.05) is 5.92 Å². The maximum atomic E-state index is 8.87. The van der Waals surface area contributed by atoms with Gasteiger partial charge in [-0.3, -0.25) is 0 Å². The van der Waals surface area contributed by atoms with Crippen LogP contribution in [0.3, 0.4) is 0 Å². The second-order valence-electron chi connectivity index (χ2n) is 4.83. The second kappa shape index (κ2) is 6.41. The van der Waals surface area contributed by atoms with Gasteiger partial charge in [-0.2, -0.15) is 5.26 Å². The lowest BCUT2D eigenvalue weighted by Gasteiger charge is -2.14. The van der Waals surface area contributed by atoms with Gasteiger partial charge in [0.05, 0.1) is 11.6 Å². The van der Waals surface area contributed by atoms with Crippen molar-refractivity contribution >= 4 is 11.6 Å². The molecule has 1 nitrogen and oxygen atoms in total. The first-order valence-corrected chi connectivity index (χ1v) is 6.86. The fraction of sp³-hybridized carbons (Fsp3) is 0. The lowest BCUT2D eigenvalue weighted by molar-refractivity contribution is 1.38. The summed E-state index contributed by atoms with van der Waals surface area (Å²) in [6, 6.07) is 20.1. The van der Waals surface area contributed by atoms with Crippen molar-refractivity contribution in [3.63, 3.8) is 0 Å². The summed E-state index contributed by atoms with van der Waals surface area (Å²) in [6.45, 7) is 0. The molecule has 0 aliphatic heterocycles. The van der Waals surface area contributed by atoms with E-state index in [9.17, 15) is 0 Å². The Morgan fingerprint density at radius 3 is 2.14 bits per heavy atom. The molecule has 0 atom stereocenters. The van der Waals surface area contributed by atoms with Crippen molar-refractivity contribution in [3.8, 4) is 6.07 Å². The van der Waals surface area contributed by atoms with Crippen molar-refractivity contribution in [1.82, 2.24) is 0 Å². The van der Waals surface area contributed by atoms with Crippen molar-refractivity contribution in [2.24, 2.45) is 0 Å². The van der Waals surface area contributed by atoms with Crippen LogP contribution in [0.25, 0.3) is 11.6 Å². The number of nitrogens with zero attached hydrogens (tertiary/aromatic N) is 1. The summed E-state index contributed by atoms with van der Waals surface area (Å²) < 4.78 is 0. The molecule has 2 aromatic carbocycles. The van der Waals surface area contributed by atoms with Crippen molar-refractivity contribution in [2.75, 3.05) is 0 Å². The fourth-order valence-electron chi connectivity index (χ4n) is 2.33. The molecule has 3 rings (SSSR count). The molecule has 1 aliphatic rings. The van der Waals surface area contributed by atoms with Crippen LogP contribution in [-0.4, -0.2) is 0 Å². The Balaban J connectivity index is 1.97. The monoisotopic (exact) mass is 268 g/mol. The van der Waals surface area contributed by atoms with Crippen LogP contribution in [0.4, 0.5) is 0 Å². The first-order chi connectivity index (χ1) is 10.4. The molecule has 0 saturated heterocycles. The molecule has 1 aliphatic carbocycles. The third-order valence-corrected chi connectivity index (χ3v) is 3.41. The molecule has 1 heteroatoms. The van der Waals surface area contributed by atoms with Crippen molar-refractivity contribution in [3.05, 3.63) is 103 Å². The number of nitriles is 1. The summed E-state index contributed by atoms with van der Waals surface area (Å²) >= 11 is 0. The Morgan fingerprint density at radius 2 is 1.52 bits per heavy atom. The van der Waals surface area contributed by atoms with Crippen LogP contribution in [0.2, 0.25) is 0 Å². The summed E-state index contributed by atoms with van der Waals surface area (Å²) in [4.78, 5) is 0. The highest BCUT2D eigenvalue weighted by atomic mass is 14.3. The van der Waals surface area contributed by atoms with E-state index >= 15 is 0 Å². The first kappa shape index (κ1) is 13.6. The van der Waals surface area contributed by atoms with Gasteiger partial charge in [-0.15, -0.1) is 0 Å². The largest absolute Gasteiger partial charge is 0.192 e.